The Bertz CT molecular complexity index is 790. The van der Waals surface area contributed by atoms with Crippen LogP contribution in [0.25, 0.3) is 0 Å². The van der Waals surface area contributed by atoms with Gasteiger partial charge >= 0.3 is 11.9 Å². The number of nitrogens with zero attached hydrogens (tertiary/aromatic N) is 1. The summed E-state index contributed by atoms with van der Waals surface area (Å²) in [5, 5.41) is 15.9. The van der Waals surface area contributed by atoms with Crippen LogP contribution in [-0.4, -0.2) is 66.0 Å². The SMILES string of the molecule is CCCCCN1CC[C@H](CCOc2ccc(Cl)c(Cl)c2)[C@@H](OCC2CCCCC2)C1.O=C(O)C(=O)O. The van der Waals surface area contributed by atoms with Crippen molar-refractivity contribution < 1.29 is 29.3 Å². The summed E-state index contributed by atoms with van der Waals surface area (Å²) in [4.78, 5) is 20.8. The largest absolute Gasteiger partial charge is 0.494 e. The van der Waals surface area contributed by atoms with Gasteiger partial charge in [0.15, 0.2) is 0 Å². The number of hydrogen-bond donors (Lipinski definition) is 2. The van der Waals surface area contributed by atoms with E-state index in [1.807, 2.05) is 6.07 Å². The van der Waals surface area contributed by atoms with E-state index in [9.17, 15) is 0 Å². The third-order valence-corrected chi connectivity index (χ3v) is 7.70. The molecule has 2 atom stereocenters. The minimum absolute atomic E-state index is 0.333. The molecule has 0 bridgehead atoms. The zero-order valence-corrected chi connectivity index (χ0v) is 22.8. The molecule has 0 spiro atoms. The number of unbranched alkanes of at least 4 members (excludes halogenated alkanes) is 2. The Hall–Kier alpha value is -1.54. The van der Waals surface area contributed by atoms with Crippen molar-refractivity contribution >= 4 is 35.1 Å². The number of aliphatic carboxylic acids is 2. The number of benzene rings is 1. The number of likely N-dealkylation sites (tertiary alicyclic amines) is 1. The van der Waals surface area contributed by atoms with Crippen LogP contribution in [0.4, 0.5) is 0 Å². The Morgan fingerprint density at radius 1 is 1.03 bits per heavy atom. The van der Waals surface area contributed by atoms with Gasteiger partial charge in [-0.15, -0.1) is 0 Å². The zero-order valence-electron chi connectivity index (χ0n) is 21.3. The van der Waals surface area contributed by atoms with Crippen molar-refractivity contribution in [1.29, 1.82) is 0 Å². The molecule has 9 heteroatoms. The molecule has 1 aliphatic heterocycles. The Morgan fingerprint density at radius 3 is 2.39 bits per heavy atom. The van der Waals surface area contributed by atoms with Crippen LogP contribution in [0.1, 0.15) is 71.1 Å². The highest BCUT2D eigenvalue weighted by Gasteiger charge is 2.30. The van der Waals surface area contributed by atoms with E-state index in [2.05, 4.69) is 11.8 Å². The minimum atomic E-state index is -1.82. The van der Waals surface area contributed by atoms with E-state index < -0.39 is 11.9 Å². The Balaban J connectivity index is 0.000000678. The third-order valence-electron chi connectivity index (χ3n) is 6.96. The molecule has 1 saturated carbocycles. The molecule has 0 unspecified atom stereocenters. The summed E-state index contributed by atoms with van der Waals surface area (Å²) in [5.74, 6) is -1.52. The van der Waals surface area contributed by atoms with Crippen LogP contribution in [0.2, 0.25) is 10.0 Å². The molecule has 0 radical (unpaired) electrons. The van der Waals surface area contributed by atoms with Crippen LogP contribution in [0, 0.1) is 11.8 Å². The van der Waals surface area contributed by atoms with E-state index in [0.29, 0.717) is 28.7 Å². The smallest absolute Gasteiger partial charge is 0.414 e. The van der Waals surface area contributed by atoms with Crippen LogP contribution in [-0.2, 0) is 14.3 Å². The molecule has 1 aromatic carbocycles. The molecule has 2 N–H and O–H groups in total. The molecule has 0 aromatic heterocycles. The summed E-state index contributed by atoms with van der Waals surface area (Å²) in [6.45, 7) is 7.39. The Kier molecular flexibility index (Phi) is 14.5. The lowest BCUT2D eigenvalue weighted by atomic mass is 9.88. The van der Waals surface area contributed by atoms with Crippen LogP contribution in [0.15, 0.2) is 18.2 Å². The van der Waals surface area contributed by atoms with Gasteiger partial charge in [-0.25, -0.2) is 9.59 Å². The van der Waals surface area contributed by atoms with Gasteiger partial charge in [0.05, 0.1) is 22.8 Å². The van der Waals surface area contributed by atoms with Gasteiger partial charge in [0.2, 0.25) is 0 Å². The molecule has 2 aliphatic rings. The number of carbonyl (C=O) groups is 2. The van der Waals surface area contributed by atoms with E-state index in [1.54, 1.807) is 12.1 Å². The van der Waals surface area contributed by atoms with Crippen LogP contribution in [0.5, 0.6) is 5.75 Å². The lowest BCUT2D eigenvalue weighted by Gasteiger charge is -2.39. The number of ether oxygens (including phenoxy) is 2. The molecule has 2 fully saturated rings. The molecular weight excluding hydrogens is 505 g/mol. The first-order valence-corrected chi connectivity index (χ1v) is 13.9. The lowest BCUT2D eigenvalue weighted by Crippen LogP contribution is -2.46. The third kappa shape index (κ3) is 11.7. The Labute approximate surface area is 225 Å². The quantitative estimate of drug-likeness (QED) is 0.245. The number of piperidine rings is 1. The van der Waals surface area contributed by atoms with Crippen molar-refractivity contribution in [3.8, 4) is 5.75 Å². The van der Waals surface area contributed by atoms with Gasteiger partial charge in [-0.05, 0) is 69.2 Å². The van der Waals surface area contributed by atoms with Gasteiger partial charge in [0.1, 0.15) is 5.75 Å². The van der Waals surface area contributed by atoms with Crippen molar-refractivity contribution in [2.75, 3.05) is 32.8 Å². The molecule has 3 rings (SSSR count). The van der Waals surface area contributed by atoms with Crippen molar-refractivity contribution in [1.82, 2.24) is 4.90 Å². The molecule has 1 saturated heterocycles. The fourth-order valence-corrected chi connectivity index (χ4v) is 5.13. The predicted octanol–water partition coefficient (Wildman–Crippen LogP) is 6.40. The van der Waals surface area contributed by atoms with Crippen molar-refractivity contribution in [3.05, 3.63) is 28.2 Å². The standard InChI is InChI=1S/C25H39Cl2NO2.C2H2O4/c1-2-3-7-14-28-15-12-21(13-16-29-22-10-11-23(26)24(27)17-22)25(18-28)30-19-20-8-5-4-6-9-20;3-1(4)2(5)6/h10-11,17,20-21,25H,2-9,12-16,18-19H2,1H3;(H,3,4)(H,5,6)/t21-,25+;/m1./s1. The monoisotopic (exact) mass is 545 g/mol. The number of halogens is 2. The first-order valence-electron chi connectivity index (χ1n) is 13.2. The number of rotatable bonds is 11. The molecule has 1 aliphatic carbocycles. The maximum absolute atomic E-state index is 9.10. The minimum Gasteiger partial charge on any atom is -0.494 e. The van der Waals surface area contributed by atoms with Gasteiger partial charge < -0.3 is 24.6 Å². The van der Waals surface area contributed by atoms with Crippen LogP contribution >= 0.6 is 23.2 Å². The lowest BCUT2D eigenvalue weighted by molar-refractivity contribution is -0.159. The molecule has 1 aromatic rings. The van der Waals surface area contributed by atoms with Crippen molar-refractivity contribution in [3.63, 3.8) is 0 Å². The molecule has 0 amide bonds. The topological polar surface area (TPSA) is 96.3 Å². The van der Waals surface area contributed by atoms with Gasteiger partial charge in [-0.2, -0.15) is 0 Å². The van der Waals surface area contributed by atoms with Crippen molar-refractivity contribution in [2.24, 2.45) is 11.8 Å². The van der Waals surface area contributed by atoms with E-state index >= 15 is 0 Å². The van der Waals surface area contributed by atoms with Crippen LogP contribution < -0.4 is 4.74 Å². The van der Waals surface area contributed by atoms with E-state index in [1.165, 1.54) is 70.9 Å². The molecule has 7 nitrogen and oxygen atoms in total. The van der Waals surface area contributed by atoms with Gasteiger partial charge in [-0.3, -0.25) is 0 Å². The highest BCUT2D eigenvalue weighted by atomic mass is 35.5. The van der Waals surface area contributed by atoms with E-state index in [4.69, 9.17) is 52.5 Å². The fraction of sp³-hybridized carbons (Fsp3) is 0.704. The Morgan fingerprint density at radius 2 is 1.75 bits per heavy atom. The second-order valence-electron chi connectivity index (χ2n) is 9.76. The second-order valence-corrected chi connectivity index (χ2v) is 10.6. The maximum Gasteiger partial charge on any atom is 0.414 e. The molecular formula is C27H41Cl2NO6. The van der Waals surface area contributed by atoms with Gasteiger partial charge in [0.25, 0.3) is 0 Å². The van der Waals surface area contributed by atoms with Gasteiger partial charge in [-0.1, -0.05) is 62.2 Å². The molecule has 1 heterocycles. The first kappa shape index (κ1) is 30.7. The normalized spacial score (nSPS) is 20.9. The average molecular weight is 547 g/mol. The zero-order chi connectivity index (χ0) is 26.3. The molecule has 36 heavy (non-hydrogen) atoms. The van der Waals surface area contributed by atoms with Crippen molar-refractivity contribution in [2.45, 2.75) is 77.2 Å². The number of carboxylic acids is 2. The van der Waals surface area contributed by atoms with Gasteiger partial charge in [0, 0.05) is 19.2 Å². The summed E-state index contributed by atoms with van der Waals surface area (Å²) in [6.07, 6.45) is 13.3. The number of carboxylic acid groups (broad SMARTS) is 2. The second kappa shape index (κ2) is 17.1. The average Bonchev–Trinajstić information content (AvgIpc) is 2.87. The predicted molar refractivity (Wildman–Crippen MR) is 142 cm³/mol. The first-order chi connectivity index (χ1) is 17.3. The van der Waals surface area contributed by atoms with E-state index in [-0.39, 0.29) is 0 Å². The maximum atomic E-state index is 9.10. The van der Waals surface area contributed by atoms with E-state index in [0.717, 1.165) is 31.2 Å². The summed E-state index contributed by atoms with van der Waals surface area (Å²) in [6, 6.07) is 5.49. The fourth-order valence-electron chi connectivity index (χ4n) is 4.84. The summed E-state index contributed by atoms with van der Waals surface area (Å²) >= 11 is 12.1. The number of hydrogen-bond acceptors (Lipinski definition) is 5. The highest BCUT2D eigenvalue weighted by molar-refractivity contribution is 6.42. The molecule has 204 valence electrons. The summed E-state index contributed by atoms with van der Waals surface area (Å²) < 4.78 is 12.6. The highest BCUT2D eigenvalue weighted by Crippen LogP contribution is 2.30. The van der Waals surface area contributed by atoms with Crippen LogP contribution in [0.3, 0.4) is 0 Å². The summed E-state index contributed by atoms with van der Waals surface area (Å²) in [5.41, 5.74) is 0. The summed E-state index contributed by atoms with van der Waals surface area (Å²) in [7, 11) is 0.